The molecule has 11 heteroatoms. The maximum absolute atomic E-state index is 14.3. The van der Waals surface area contributed by atoms with Gasteiger partial charge in [-0.3, -0.25) is 14.4 Å². The van der Waals surface area contributed by atoms with Crippen molar-refractivity contribution >= 4 is 29.1 Å². The first-order valence-corrected chi connectivity index (χ1v) is 13.5. The van der Waals surface area contributed by atoms with E-state index in [1.54, 1.807) is 36.1 Å². The molecule has 0 spiro atoms. The highest BCUT2D eigenvalue weighted by molar-refractivity contribution is 7.13. The molecule has 0 fully saturated rings. The molecule has 39 heavy (non-hydrogen) atoms. The van der Waals surface area contributed by atoms with Gasteiger partial charge in [-0.2, -0.15) is 0 Å². The van der Waals surface area contributed by atoms with Gasteiger partial charge in [-0.1, -0.05) is 0 Å². The van der Waals surface area contributed by atoms with Crippen LogP contribution in [0.2, 0.25) is 0 Å². The van der Waals surface area contributed by atoms with Gasteiger partial charge in [-0.25, -0.2) is 9.37 Å². The van der Waals surface area contributed by atoms with E-state index in [0.717, 1.165) is 5.01 Å². The Balaban J connectivity index is 1.57. The summed E-state index contributed by atoms with van der Waals surface area (Å²) >= 11 is 1.34. The number of hydrogen-bond donors (Lipinski definition) is 2. The van der Waals surface area contributed by atoms with Crippen LogP contribution in [0.15, 0.2) is 36.4 Å². The van der Waals surface area contributed by atoms with Gasteiger partial charge in [0.2, 0.25) is 5.91 Å². The molecule has 5 rings (SSSR count). The van der Waals surface area contributed by atoms with Gasteiger partial charge in [0.25, 0.3) is 11.8 Å². The molecule has 0 radical (unpaired) electrons. The van der Waals surface area contributed by atoms with E-state index < -0.39 is 5.82 Å². The highest BCUT2D eigenvalue weighted by atomic mass is 32.1. The highest BCUT2D eigenvalue weighted by Crippen LogP contribution is 2.33. The van der Waals surface area contributed by atoms with E-state index in [1.165, 1.54) is 30.6 Å². The molecule has 0 unspecified atom stereocenters. The molecule has 3 heterocycles. The SMILES string of the molecule is COc1cc2ccc1Oc1cc(F)cc(c1)CNC(=O)CCCN(C(=O)c1sc(C)nc1C)CCCNC2=O. The van der Waals surface area contributed by atoms with Crippen molar-refractivity contribution < 1.29 is 28.2 Å². The number of amides is 3. The second-order valence-electron chi connectivity index (χ2n) is 9.19. The number of methoxy groups -OCH3 is 1. The fraction of sp³-hybridized carbons (Fsp3) is 0.357. The predicted molar refractivity (Wildman–Crippen MR) is 145 cm³/mol. The molecule has 0 saturated carbocycles. The third-order valence-electron chi connectivity index (χ3n) is 6.18. The molecule has 9 nitrogen and oxygen atoms in total. The van der Waals surface area contributed by atoms with E-state index in [4.69, 9.17) is 9.47 Å². The van der Waals surface area contributed by atoms with Crippen LogP contribution in [0.4, 0.5) is 4.39 Å². The van der Waals surface area contributed by atoms with Crippen LogP contribution in [0, 0.1) is 19.7 Å². The zero-order chi connectivity index (χ0) is 27.9. The second-order valence-corrected chi connectivity index (χ2v) is 10.4. The van der Waals surface area contributed by atoms with Crippen LogP contribution in [-0.2, 0) is 11.3 Å². The van der Waals surface area contributed by atoms with Gasteiger partial charge in [0.1, 0.15) is 16.4 Å². The Morgan fingerprint density at radius 2 is 1.90 bits per heavy atom. The lowest BCUT2D eigenvalue weighted by Gasteiger charge is -2.22. The monoisotopic (exact) mass is 554 g/mol. The Bertz CT molecular complexity index is 1380. The molecule has 0 aliphatic carbocycles. The van der Waals surface area contributed by atoms with Gasteiger partial charge in [-0.05, 0) is 62.6 Å². The van der Waals surface area contributed by atoms with Crippen molar-refractivity contribution in [1.82, 2.24) is 20.5 Å². The lowest BCUT2D eigenvalue weighted by Crippen LogP contribution is -2.35. The van der Waals surface area contributed by atoms with E-state index >= 15 is 0 Å². The van der Waals surface area contributed by atoms with Crippen LogP contribution >= 0.6 is 11.3 Å². The number of aryl methyl sites for hydroxylation is 2. The van der Waals surface area contributed by atoms with Gasteiger partial charge in [0, 0.05) is 44.2 Å². The average molecular weight is 555 g/mol. The smallest absolute Gasteiger partial charge is 0.265 e. The Kier molecular flexibility index (Phi) is 9.13. The van der Waals surface area contributed by atoms with Crippen LogP contribution in [0.25, 0.3) is 0 Å². The maximum atomic E-state index is 14.3. The summed E-state index contributed by atoms with van der Waals surface area (Å²) in [6.07, 6.45) is 1.17. The number of nitrogens with zero attached hydrogens (tertiary/aromatic N) is 2. The fourth-order valence-electron chi connectivity index (χ4n) is 4.28. The van der Waals surface area contributed by atoms with Crippen LogP contribution in [0.3, 0.4) is 0 Å². The van der Waals surface area contributed by atoms with Gasteiger partial charge >= 0.3 is 0 Å². The molecule has 2 aliphatic rings. The summed E-state index contributed by atoms with van der Waals surface area (Å²) in [5.74, 6) is -0.318. The molecule has 2 N–H and O–H groups in total. The Hall–Kier alpha value is -3.99. The average Bonchev–Trinajstić information content (AvgIpc) is 3.25. The fourth-order valence-corrected chi connectivity index (χ4v) is 5.17. The number of hydrogen-bond acceptors (Lipinski definition) is 7. The number of carbonyl (C=O) groups excluding carboxylic acids is 3. The summed E-state index contributed by atoms with van der Waals surface area (Å²) in [7, 11) is 1.45. The van der Waals surface area contributed by atoms with Gasteiger partial charge in [-0.15, -0.1) is 11.3 Å². The number of rotatable bonds is 2. The lowest BCUT2D eigenvalue weighted by molar-refractivity contribution is -0.121. The second kappa shape index (κ2) is 12.7. The van der Waals surface area contributed by atoms with E-state index in [1.807, 2.05) is 6.92 Å². The summed E-state index contributed by atoms with van der Waals surface area (Å²) in [4.78, 5) is 45.3. The molecule has 0 atom stereocenters. The summed E-state index contributed by atoms with van der Waals surface area (Å²) in [5.41, 5.74) is 1.58. The van der Waals surface area contributed by atoms with E-state index in [-0.39, 0.29) is 36.4 Å². The van der Waals surface area contributed by atoms with Crippen LogP contribution < -0.4 is 20.1 Å². The molecule has 3 aromatic rings. The minimum Gasteiger partial charge on any atom is -0.493 e. The summed E-state index contributed by atoms with van der Waals surface area (Å²) in [6.45, 7) is 4.89. The van der Waals surface area contributed by atoms with Crippen molar-refractivity contribution in [2.75, 3.05) is 26.7 Å². The van der Waals surface area contributed by atoms with Gasteiger partial charge < -0.3 is 25.0 Å². The standard InChI is InChI=1S/C28H31FN4O5S/c1-17-26(39-18(2)32-17)28(36)33-10-4-6-25(34)31-16-19-12-21(29)15-22(13-19)38-23-8-7-20(14-24(23)37-3)27(35)30-9-5-11-33/h7-8,12-15H,4-6,9-11,16H2,1-3H3,(H,30,35)(H,31,34). The summed E-state index contributed by atoms with van der Waals surface area (Å²) < 4.78 is 25.6. The van der Waals surface area contributed by atoms with Crippen molar-refractivity contribution in [2.24, 2.45) is 0 Å². The quantitative estimate of drug-likeness (QED) is 0.487. The lowest BCUT2D eigenvalue weighted by atomic mass is 10.1. The van der Waals surface area contributed by atoms with Crippen molar-refractivity contribution in [1.29, 1.82) is 0 Å². The molecule has 2 aliphatic heterocycles. The summed E-state index contributed by atoms with van der Waals surface area (Å²) in [6, 6.07) is 8.91. The molecule has 2 aromatic carbocycles. The third kappa shape index (κ3) is 7.32. The van der Waals surface area contributed by atoms with Gasteiger partial charge in [0.15, 0.2) is 11.5 Å². The van der Waals surface area contributed by atoms with Crippen molar-refractivity contribution in [2.45, 2.75) is 39.7 Å². The van der Waals surface area contributed by atoms with Crippen molar-refractivity contribution in [3.8, 4) is 17.2 Å². The topological polar surface area (TPSA) is 110 Å². The van der Waals surface area contributed by atoms with Crippen molar-refractivity contribution in [3.05, 3.63) is 68.9 Å². The normalized spacial score (nSPS) is 15.2. The third-order valence-corrected chi connectivity index (χ3v) is 7.24. The first kappa shape index (κ1) is 28.0. The van der Waals surface area contributed by atoms with Gasteiger partial charge in [0.05, 0.1) is 17.8 Å². The number of carbonyl (C=O) groups is 3. The number of benzene rings is 2. The minimum atomic E-state index is -0.517. The number of fused-ring (bicyclic) bond motifs is 13. The van der Waals surface area contributed by atoms with Crippen LogP contribution in [0.1, 0.15) is 55.6 Å². The Morgan fingerprint density at radius 1 is 1.10 bits per heavy atom. The van der Waals surface area contributed by atoms with Crippen molar-refractivity contribution in [3.63, 3.8) is 0 Å². The zero-order valence-electron chi connectivity index (χ0n) is 22.1. The molecular formula is C28H31FN4O5S. The maximum Gasteiger partial charge on any atom is 0.265 e. The van der Waals surface area contributed by atoms with E-state index in [2.05, 4.69) is 15.6 Å². The Labute approximate surface area is 230 Å². The first-order chi connectivity index (χ1) is 18.7. The number of halogens is 1. The molecule has 0 saturated heterocycles. The van der Waals surface area contributed by atoms with Crippen LogP contribution in [0.5, 0.6) is 17.2 Å². The molecular weight excluding hydrogens is 523 g/mol. The molecule has 206 valence electrons. The number of ether oxygens (including phenoxy) is 2. The minimum absolute atomic E-state index is 0.116. The molecule has 1 aromatic heterocycles. The number of nitrogens with one attached hydrogen (secondary N) is 2. The first-order valence-electron chi connectivity index (χ1n) is 12.7. The Morgan fingerprint density at radius 3 is 2.64 bits per heavy atom. The largest absolute Gasteiger partial charge is 0.493 e. The highest BCUT2D eigenvalue weighted by Gasteiger charge is 2.21. The van der Waals surface area contributed by atoms with Crippen LogP contribution in [-0.4, -0.2) is 54.3 Å². The summed E-state index contributed by atoms with van der Waals surface area (Å²) in [5, 5.41) is 6.49. The molecule has 4 bridgehead atoms. The number of aromatic nitrogens is 1. The zero-order valence-corrected chi connectivity index (χ0v) is 23.0. The molecule has 3 amide bonds. The predicted octanol–water partition coefficient (Wildman–Crippen LogP) is 4.37. The van der Waals surface area contributed by atoms with E-state index in [9.17, 15) is 18.8 Å². The number of thiazole rings is 1. The van der Waals surface area contributed by atoms with E-state index in [0.29, 0.717) is 65.7 Å².